The van der Waals surface area contributed by atoms with Gasteiger partial charge in [-0.3, -0.25) is 9.89 Å². The molecule has 3 fully saturated rings. The normalized spacial score (nSPS) is 27.1. The van der Waals surface area contributed by atoms with Crippen LogP contribution in [0.2, 0.25) is 0 Å². The van der Waals surface area contributed by atoms with Crippen LogP contribution in [0.15, 0.2) is 23.2 Å². The van der Waals surface area contributed by atoms with Gasteiger partial charge in [0.05, 0.1) is 0 Å². The molecule has 0 radical (unpaired) electrons. The Morgan fingerprint density at radius 3 is 2.41 bits per heavy atom. The van der Waals surface area contributed by atoms with Crippen LogP contribution in [-0.4, -0.2) is 87.2 Å². The number of piperazine rings is 1. The zero-order valence-corrected chi connectivity index (χ0v) is 22.8. The minimum atomic E-state index is 0. The highest BCUT2D eigenvalue weighted by molar-refractivity contribution is 14.0. The van der Waals surface area contributed by atoms with Crippen molar-refractivity contribution in [2.24, 2.45) is 4.99 Å². The maximum absolute atomic E-state index is 4.50. The molecule has 2 unspecified atom stereocenters. The molecular weight excluding hydrogens is 511 g/mol. The average molecular weight is 555 g/mol. The topological polar surface area (TPSA) is 46.1 Å². The molecule has 0 amide bonds. The van der Waals surface area contributed by atoms with Gasteiger partial charge in [0, 0.05) is 70.1 Å². The van der Waals surface area contributed by atoms with Gasteiger partial charge in [0.25, 0.3) is 0 Å². The van der Waals surface area contributed by atoms with Gasteiger partial charge in [0.1, 0.15) is 0 Å². The lowest BCUT2D eigenvalue weighted by atomic mass is 9.82. The molecule has 0 aliphatic carbocycles. The Morgan fingerprint density at radius 1 is 1.06 bits per heavy atom. The number of piperidine rings is 2. The van der Waals surface area contributed by atoms with Crippen LogP contribution in [0.4, 0.5) is 5.69 Å². The van der Waals surface area contributed by atoms with Crippen molar-refractivity contribution in [3.05, 3.63) is 29.3 Å². The molecule has 7 heteroatoms. The predicted octanol–water partition coefficient (Wildman–Crippen LogP) is 3.22. The summed E-state index contributed by atoms with van der Waals surface area (Å²) in [5.74, 6) is 0.974. The molecule has 2 atom stereocenters. The van der Waals surface area contributed by atoms with Crippen molar-refractivity contribution in [2.45, 2.75) is 64.1 Å². The molecule has 3 aliphatic rings. The maximum Gasteiger partial charge on any atom is 0.191 e. The molecule has 3 heterocycles. The van der Waals surface area contributed by atoms with Crippen molar-refractivity contribution in [3.8, 4) is 0 Å². The lowest BCUT2D eigenvalue weighted by Crippen LogP contribution is -2.57. The maximum atomic E-state index is 4.50. The summed E-state index contributed by atoms with van der Waals surface area (Å²) in [6.45, 7) is 10.9. The lowest BCUT2D eigenvalue weighted by molar-refractivity contribution is 0.0526. The molecular formula is C25H43IN6. The number of halogens is 1. The first-order valence-corrected chi connectivity index (χ1v) is 12.3. The number of benzene rings is 1. The van der Waals surface area contributed by atoms with E-state index in [1.54, 1.807) is 0 Å². The zero-order chi connectivity index (χ0) is 21.8. The van der Waals surface area contributed by atoms with Crippen molar-refractivity contribution in [3.63, 3.8) is 0 Å². The van der Waals surface area contributed by atoms with Crippen LogP contribution >= 0.6 is 24.0 Å². The molecule has 3 aliphatic heterocycles. The number of guanidine groups is 1. The van der Waals surface area contributed by atoms with E-state index >= 15 is 0 Å². The molecule has 0 saturated carbocycles. The summed E-state index contributed by atoms with van der Waals surface area (Å²) in [7, 11) is 4.21. The van der Waals surface area contributed by atoms with E-state index in [9.17, 15) is 0 Å². The number of anilines is 1. The molecule has 2 N–H and O–H groups in total. The molecule has 6 nitrogen and oxygen atoms in total. The predicted molar refractivity (Wildman–Crippen MR) is 147 cm³/mol. The van der Waals surface area contributed by atoms with Crippen molar-refractivity contribution in [1.82, 2.24) is 20.4 Å². The highest BCUT2D eigenvalue weighted by atomic mass is 127. The number of nitrogens with zero attached hydrogens (tertiary/aromatic N) is 4. The van der Waals surface area contributed by atoms with Crippen LogP contribution in [0.1, 0.15) is 43.2 Å². The average Bonchev–Trinajstić information content (AvgIpc) is 2.76. The van der Waals surface area contributed by atoms with Crippen LogP contribution in [-0.2, 0) is 0 Å². The van der Waals surface area contributed by atoms with Gasteiger partial charge in [-0.1, -0.05) is 18.6 Å². The van der Waals surface area contributed by atoms with Gasteiger partial charge in [0.2, 0.25) is 0 Å². The van der Waals surface area contributed by atoms with Crippen LogP contribution in [0.3, 0.4) is 0 Å². The number of hydrogen-bond acceptors (Lipinski definition) is 4. The number of aliphatic imine (C=N–C) groups is 1. The van der Waals surface area contributed by atoms with Gasteiger partial charge in [-0.2, -0.15) is 0 Å². The van der Waals surface area contributed by atoms with Gasteiger partial charge in [-0.25, -0.2) is 0 Å². The summed E-state index contributed by atoms with van der Waals surface area (Å²) in [5.41, 5.74) is 4.21. The van der Waals surface area contributed by atoms with Crippen LogP contribution in [0, 0.1) is 13.8 Å². The monoisotopic (exact) mass is 554 g/mol. The van der Waals surface area contributed by atoms with E-state index in [1.807, 2.05) is 7.05 Å². The fourth-order valence-electron chi connectivity index (χ4n) is 5.74. The molecule has 32 heavy (non-hydrogen) atoms. The Hall–Kier alpha value is -1.06. The van der Waals surface area contributed by atoms with Crippen molar-refractivity contribution >= 4 is 35.6 Å². The quantitative estimate of drug-likeness (QED) is 0.333. The number of fused-ring (bicyclic) bond motifs is 2. The van der Waals surface area contributed by atoms with Crippen molar-refractivity contribution in [1.29, 1.82) is 0 Å². The van der Waals surface area contributed by atoms with Gasteiger partial charge in [0.15, 0.2) is 5.96 Å². The van der Waals surface area contributed by atoms with Crippen molar-refractivity contribution in [2.75, 3.05) is 58.3 Å². The second-order valence-electron chi connectivity index (χ2n) is 9.76. The van der Waals surface area contributed by atoms with Gasteiger partial charge in [-0.05, 0) is 63.8 Å². The largest absolute Gasteiger partial charge is 0.369 e. The van der Waals surface area contributed by atoms with E-state index in [-0.39, 0.29) is 24.0 Å². The summed E-state index contributed by atoms with van der Waals surface area (Å²) in [4.78, 5) is 12.2. The first-order chi connectivity index (χ1) is 15.0. The first kappa shape index (κ1) is 25.6. The Bertz CT molecular complexity index is 747. The summed E-state index contributed by atoms with van der Waals surface area (Å²) in [5, 5.41) is 7.29. The van der Waals surface area contributed by atoms with E-state index in [4.69, 9.17) is 0 Å². The van der Waals surface area contributed by atoms with Gasteiger partial charge >= 0.3 is 0 Å². The van der Waals surface area contributed by atoms with Crippen LogP contribution < -0.4 is 15.5 Å². The van der Waals surface area contributed by atoms with E-state index in [2.05, 4.69) is 69.4 Å². The van der Waals surface area contributed by atoms with Crippen LogP contribution in [0.25, 0.3) is 0 Å². The molecule has 4 rings (SSSR count). The highest BCUT2D eigenvalue weighted by Crippen LogP contribution is 2.32. The highest BCUT2D eigenvalue weighted by Gasteiger charge is 2.36. The van der Waals surface area contributed by atoms with E-state index in [0.717, 1.165) is 57.3 Å². The number of hydrogen-bond donors (Lipinski definition) is 2. The fraction of sp³-hybridized carbons (Fsp3) is 0.720. The number of rotatable bonds is 5. The van der Waals surface area contributed by atoms with Crippen LogP contribution in [0.5, 0.6) is 0 Å². The molecule has 3 saturated heterocycles. The third-order valence-corrected chi connectivity index (χ3v) is 7.91. The minimum Gasteiger partial charge on any atom is -0.369 e. The summed E-state index contributed by atoms with van der Waals surface area (Å²) in [6.07, 6.45) is 6.59. The molecule has 1 aromatic rings. The second kappa shape index (κ2) is 11.9. The smallest absolute Gasteiger partial charge is 0.191 e. The molecule has 0 aromatic heterocycles. The van der Waals surface area contributed by atoms with Gasteiger partial charge < -0.3 is 20.4 Å². The van der Waals surface area contributed by atoms with E-state index < -0.39 is 0 Å². The summed E-state index contributed by atoms with van der Waals surface area (Å²) < 4.78 is 0. The summed E-state index contributed by atoms with van der Waals surface area (Å²) in [6, 6.07) is 8.71. The summed E-state index contributed by atoms with van der Waals surface area (Å²) >= 11 is 0. The zero-order valence-electron chi connectivity index (χ0n) is 20.4. The molecule has 2 bridgehead atoms. The van der Waals surface area contributed by atoms with Gasteiger partial charge in [-0.15, -0.1) is 24.0 Å². The Kier molecular flexibility index (Phi) is 9.49. The third kappa shape index (κ3) is 6.08. The Balaban J connectivity index is 0.00000289. The first-order valence-electron chi connectivity index (χ1n) is 12.3. The third-order valence-electron chi connectivity index (χ3n) is 7.91. The number of aryl methyl sites for hydroxylation is 1. The molecule has 180 valence electrons. The van der Waals surface area contributed by atoms with Crippen molar-refractivity contribution < 1.29 is 0 Å². The van der Waals surface area contributed by atoms with E-state index in [1.165, 1.54) is 48.9 Å². The SMILES string of the molecule is CN=C(NCCN1CCN(c2cccc(C)c2C)CC1)NC1CC2CCCC(C1)N2C.I. The molecule has 1 aromatic carbocycles. The van der Waals surface area contributed by atoms with E-state index in [0.29, 0.717) is 6.04 Å². The molecule has 0 spiro atoms. The Labute approximate surface area is 212 Å². The lowest BCUT2D eigenvalue weighted by Gasteiger charge is -2.47. The Morgan fingerprint density at radius 2 is 1.75 bits per heavy atom. The standard InChI is InChI=1S/C25H42N6.HI/c1-19-7-5-10-24(20(19)2)31-15-13-30(14-16-31)12-11-27-25(26-3)28-21-17-22-8-6-9-23(18-21)29(22)4;/h5,7,10,21-23H,6,8-9,11-18H2,1-4H3,(H2,26,27,28);1H. The minimum absolute atomic E-state index is 0. The fourth-order valence-corrected chi connectivity index (χ4v) is 5.74. The second-order valence-corrected chi connectivity index (χ2v) is 9.76. The number of nitrogens with one attached hydrogen (secondary N) is 2.